The molecule has 0 bridgehead atoms. The Bertz CT molecular complexity index is 657. The molecule has 0 radical (unpaired) electrons. The molecule has 2 heteroatoms. The number of rotatable bonds is 1. The van der Waals surface area contributed by atoms with Crippen LogP contribution in [0.25, 0.3) is 16.5 Å². The molecule has 1 aromatic heterocycles. The average molecular weight is 221 g/mol. The lowest BCUT2D eigenvalue weighted by molar-refractivity contribution is -0.594. The van der Waals surface area contributed by atoms with Gasteiger partial charge in [-0.05, 0) is 23.6 Å². The van der Waals surface area contributed by atoms with E-state index >= 15 is 0 Å². The Labute approximate surface area is 99.9 Å². The molecule has 0 saturated carbocycles. The molecule has 1 heterocycles. The normalized spacial score (nSPS) is 10.6. The monoisotopic (exact) mass is 221 g/mol. The van der Waals surface area contributed by atoms with Gasteiger partial charge in [0.2, 0.25) is 5.69 Å². The zero-order valence-electron chi connectivity index (χ0n) is 9.38. The quantitative estimate of drug-likeness (QED) is 0.497. The van der Waals surface area contributed by atoms with Crippen molar-refractivity contribution >= 4 is 16.5 Å². The molecule has 2 N–H and O–H groups in total. The number of nitrogen functional groups attached to an aromatic ring is 1. The number of fused-ring (bicyclic) bond motifs is 1. The van der Waals surface area contributed by atoms with E-state index in [1.165, 1.54) is 10.8 Å². The van der Waals surface area contributed by atoms with E-state index < -0.39 is 0 Å². The van der Waals surface area contributed by atoms with Crippen molar-refractivity contribution in [3.05, 3.63) is 67.0 Å². The van der Waals surface area contributed by atoms with Crippen LogP contribution >= 0.6 is 0 Å². The van der Waals surface area contributed by atoms with Crippen molar-refractivity contribution in [2.45, 2.75) is 0 Å². The maximum atomic E-state index is 5.69. The number of pyridine rings is 1. The summed E-state index contributed by atoms with van der Waals surface area (Å²) >= 11 is 0. The molecule has 0 atom stereocenters. The largest absolute Gasteiger partial charge is 0.399 e. The second kappa shape index (κ2) is 3.91. The molecule has 17 heavy (non-hydrogen) atoms. The van der Waals surface area contributed by atoms with E-state index in [1.807, 2.05) is 24.3 Å². The molecule has 0 spiro atoms. The highest BCUT2D eigenvalue weighted by molar-refractivity contribution is 5.80. The van der Waals surface area contributed by atoms with Gasteiger partial charge in [0.15, 0.2) is 12.4 Å². The Balaban J connectivity index is 2.14. The number of nitrogens with zero attached hydrogens (tertiary/aromatic N) is 1. The van der Waals surface area contributed by atoms with Crippen LogP contribution in [0.4, 0.5) is 5.69 Å². The standard InChI is InChI=1S/C15H13N2/c16-14-5-7-15(8-6-14)17-10-9-12-3-1-2-4-13(12)11-17/h1-11H,16H2/q+1. The molecule has 0 aliphatic heterocycles. The number of aromatic nitrogens is 1. The van der Waals surface area contributed by atoms with Crippen LogP contribution in [0, 0.1) is 0 Å². The average Bonchev–Trinajstić information content (AvgIpc) is 2.39. The van der Waals surface area contributed by atoms with Crippen LogP contribution in [0.1, 0.15) is 0 Å². The van der Waals surface area contributed by atoms with Crippen LogP contribution in [0.5, 0.6) is 0 Å². The van der Waals surface area contributed by atoms with Crippen molar-refractivity contribution in [1.29, 1.82) is 0 Å². The minimum absolute atomic E-state index is 0.787. The van der Waals surface area contributed by atoms with Crippen molar-refractivity contribution in [3.63, 3.8) is 0 Å². The van der Waals surface area contributed by atoms with Gasteiger partial charge in [-0.2, -0.15) is 4.57 Å². The fraction of sp³-hybridized carbons (Fsp3) is 0. The molecule has 2 aromatic carbocycles. The third kappa shape index (κ3) is 1.85. The Kier molecular flexibility index (Phi) is 2.26. The molecule has 3 aromatic rings. The minimum atomic E-state index is 0.787. The highest BCUT2D eigenvalue weighted by atomic mass is 14.9. The summed E-state index contributed by atoms with van der Waals surface area (Å²) in [5, 5.41) is 2.48. The molecule has 0 aliphatic carbocycles. The summed E-state index contributed by atoms with van der Waals surface area (Å²) in [6.45, 7) is 0. The smallest absolute Gasteiger partial charge is 0.210 e. The van der Waals surface area contributed by atoms with Gasteiger partial charge in [0.1, 0.15) is 0 Å². The van der Waals surface area contributed by atoms with Crippen molar-refractivity contribution < 1.29 is 4.57 Å². The van der Waals surface area contributed by atoms with Gasteiger partial charge in [0.05, 0.1) is 0 Å². The lowest BCUT2D eigenvalue weighted by Crippen LogP contribution is -2.29. The molecule has 0 aliphatic rings. The Morgan fingerprint density at radius 3 is 2.24 bits per heavy atom. The van der Waals surface area contributed by atoms with Crippen LogP contribution in [-0.2, 0) is 0 Å². The van der Waals surface area contributed by atoms with Gasteiger partial charge in [-0.15, -0.1) is 0 Å². The topological polar surface area (TPSA) is 29.9 Å². The first kappa shape index (κ1) is 9.85. The van der Waals surface area contributed by atoms with Gasteiger partial charge in [-0.1, -0.05) is 18.2 Å². The van der Waals surface area contributed by atoms with Crippen LogP contribution in [0.3, 0.4) is 0 Å². The molecule has 0 amide bonds. The summed E-state index contributed by atoms with van der Waals surface area (Å²) in [4.78, 5) is 0. The fourth-order valence-electron chi connectivity index (χ4n) is 1.94. The van der Waals surface area contributed by atoms with Gasteiger partial charge in [0.25, 0.3) is 0 Å². The fourth-order valence-corrected chi connectivity index (χ4v) is 1.94. The summed E-state index contributed by atoms with van der Waals surface area (Å²) in [6.07, 6.45) is 4.19. The Morgan fingerprint density at radius 1 is 0.765 bits per heavy atom. The van der Waals surface area contributed by atoms with Crippen molar-refractivity contribution in [2.24, 2.45) is 0 Å². The van der Waals surface area contributed by atoms with Crippen molar-refractivity contribution in [2.75, 3.05) is 5.73 Å². The van der Waals surface area contributed by atoms with Gasteiger partial charge < -0.3 is 5.73 Å². The highest BCUT2D eigenvalue weighted by Crippen LogP contribution is 2.11. The van der Waals surface area contributed by atoms with Crippen LogP contribution < -0.4 is 10.3 Å². The Morgan fingerprint density at radius 2 is 1.47 bits per heavy atom. The summed E-state index contributed by atoms with van der Waals surface area (Å²) in [7, 11) is 0. The van der Waals surface area contributed by atoms with Crippen LogP contribution in [0.15, 0.2) is 67.0 Å². The highest BCUT2D eigenvalue weighted by Gasteiger charge is 2.05. The van der Waals surface area contributed by atoms with Gasteiger partial charge in [-0.3, -0.25) is 0 Å². The summed E-state index contributed by atoms with van der Waals surface area (Å²) < 4.78 is 2.10. The number of anilines is 1. The molecule has 0 unspecified atom stereocenters. The summed E-state index contributed by atoms with van der Waals surface area (Å²) in [5.74, 6) is 0. The van der Waals surface area contributed by atoms with Gasteiger partial charge in [-0.25, -0.2) is 0 Å². The maximum Gasteiger partial charge on any atom is 0.210 e. The predicted molar refractivity (Wildman–Crippen MR) is 69.9 cm³/mol. The van der Waals surface area contributed by atoms with E-state index in [9.17, 15) is 0 Å². The molecule has 0 saturated heterocycles. The van der Waals surface area contributed by atoms with E-state index in [1.54, 1.807) is 0 Å². The van der Waals surface area contributed by atoms with E-state index in [2.05, 4.69) is 47.3 Å². The third-order valence-corrected chi connectivity index (χ3v) is 2.88. The van der Waals surface area contributed by atoms with Crippen molar-refractivity contribution in [1.82, 2.24) is 0 Å². The first-order chi connectivity index (χ1) is 8.33. The Hall–Kier alpha value is -2.35. The predicted octanol–water partition coefficient (Wildman–Crippen LogP) is 2.70. The number of hydrogen-bond donors (Lipinski definition) is 1. The van der Waals surface area contributed by atoms with Gasteiger partial charge in [0, 0.05) is 29.3 Å². The van der Waals surface area contributed by atoms with E-state index in [0.717, 1.165) is 11.4 Å². The molecule has 0 fully saturated rings. The van der Waals surface area contributed by atoms with E-state index in [0.29, 0.717) is 0 Å². The first-order valence-electron chi connectivity index (χ1n) is 5.59. The number of hydrogen-bond acceptors (Lipinski definition) is 1. The molecule has 82 valence electrons. The van der Waals surface area contributed by atoms with Crippen LogP contribution in [0.2, 0.25) is 0 Å². The molecular weight excluding hydrogens is 208 g/mol. The maximum absolute atomic E-state index is 5.69. The van der Waals surface area contributed by atoms with E-state index in [4.69, 9.17) is 5.73 Å². The van der Waals surface area contributed by atoms with Gasteiger partial charge >= 0.3 is 0 Å². The second-order valence-corrected chi connectivity index (χ2v) is 4.07. The molecular formula is C15H13N2+. The van der Waals surface area contributed by atoms with E-state index in [-0.39, 0.29) is 0 Å². The lowest BCUT2D eigenvalue weighted by Gasteiger charge is -1.98. The molecule has 3 rings (SSSR count). The summed E-state index contributed by atoms with van der Waals surface area (Å²) in [6, 6.07) is 18.3. The zero-order chi connectivity index (χ0) is 11.7. The van der Waals surface area contributed by atoms with Crippen molar-refractivity contribution in [3.8, 4) is 5.69 Å². The SMILES string of the molecule is Nc1ccc(-[n+]2ccc3ccccc3c2)cc1. The second-order valence-electron chi connectivity index (χ2n) is 4.07. The number of nitrogens with two attached hydrogens (primary N) is 1. The number of benzene rings is 2. The first-order valence-corrected chi connectivity index (χ1v) is 5.59. The zero-order valence-corrected chi connectivity index (χ0v) is 9.38. The van der Waals surface area contributed by atoms with Crippen LogP contribution in [-0.4, -0.2) is 0 Å². The summed E-state index contributed by atoms with van der Waals surface area (Å²) in [5.41, 5.74) is 7.59. The molecule has 2 nitrogen and oxygen atoms in total. The third-order valence-electron chi connectivity index (χ3n) is 2.88. The minimum Gasteiger partial charge on any atom is -0.399 e. The lowest BCUT2D eigenvalue weighted by atomic mass is 10.2.